The zero-order chi connectivity index (χ0) is 13.9. The van der Waals surface area contributed by atoms with Crippen molar-refractivity contribution < 1.29 is 9.52 Å². The van der Waals surface area contributed by atoms with Crippen LogP contribution < -0.4 is 0 Å². The maximum absolute atomic E-state index is 10.4. The Morgan fingerprint density at radius 1 is 1.30 bits per heavy atom. The standard InChI is InChI=1S/C17H23NO2/c1-2-13-7-9-18(10-8-13)12-15(19)17-11-14-5-3-4-6-16(14)20-17/h3-6,11,13,15,19H,2,7-10,12H2,1H3. The van der Waals surface area contributed by atoms with Crippen molar-refractivity contribution in [3.05, 3.63) is 36.1 Å². The van der Waals surface area contributed by atoms with E-state index in [4.69, 9.17) is 4.42 Å². The van der Waals surface area contributed by atoms with Gasteiger partial charge in [0.05, 0.1) is 0 Å². The van der Waals surface area contributed by atoms with E-state index < -0.39 is 6.10 Å². The lowest BCUT2D eigenvalue weighted by Crippen LogP contribution is -2.36. The van der Waals surface area contributed by atoms with Crippen molar-refractivity contribution in [3.8, 4) is 0 Å². The molecule has 20 heavy (non-hydrogen) atoms. The molecule has 0 amide bonds. The molecule has 2 aromatic rings. The van der Waals surface area contributed by atoms with Crippen molar-refractivity contribution >= 4 is 11.0 Å². The van der Waals surface area contributed by atoms with Crippen LogP contribution in [0.3, 0.4) is 0 Å². The van der Waals surface area contributed by atoms with Gasteiger partial charge in [0.2, 0.25) is 0 Å². The number of hydrogen-bond donors (Lipinski definition) is 1. The first kappa shape index (κ1) is 13.7. The number of likely N-dealkylation sites (tertiary alicyclic amines) is 1. The third kappa shape index (κ3) is 2.89. The molecule has 0 radical (unpaired) electrons. The molecule has 3 heteroatoms. The fraction of sp³-hybridized carbons (Fsp3) is 0.529. The summed E-state index contributed by atoms with van der Waals surface area (Å²) in [5, 5.41) is 11.4. The summed E-state index contributed by atoms with van der Waals surface area (Å²) in [5.41, 5.74) is 0.853. The van der Waals surface area contributed by atoms with Gasteiger partial charge in [-0.15, -0.1) is 0 Å². The fourth-order valence-electron chi connectivity index (χ4n) is 3.08. The van der Waals surface area contributed by atoms with Gasteiger partial charge < -0.3 is 14.4 Å². The molecule has 0 saturated carbocycles. The molecule has 1 atom stereocenters. The van der Waals surface area contributed by atoms with E-state index in [1.807, 2.05) is 30.3 Å². The highest BCUT2D eigenvalue weighted by Gasteiger charge is 2.22. The normalized spacial score (nSPS) is 19.5. The van der Waals surface area contributed by atoms with Crippen LogP contribution in [0.25, 0.3) is 11.0 Å². The molecule has 1 unspecified atom stereocenters. The van der Waals surface area contributed by atoms with E-state index in [9.17, 15) is 5.11 Å². The molecule has 2 heterocycles. The van der Waals surface area contributed by atoms with Gasteiger partial charge in [-0.1, -0.05) is 31.5 Å². The van der Waals surface area contributed by atoms with Crippen LogP contribution in [0.2, 0.25) is 0 Å². The lowest BCUT2D eigenvalue weighted by atomic mass is 9.94. The number of aliphatic hydroxyl groups is 1. The van der Waals surface area contributed by atoms with Crippen LogP contribution in [0.5, 0.6) is 0 Å². The first-order valence-corrected chi connectivity index (χ1v) is 7.65. The number of fused-ring (bicyclic) bond motifs is 1. The van der Waals surface area contributed by atoms with E-state index in [0.717, 1.165) is 30.0 Å². The van der Waals surface area contributed by atoms with E-state index in [-0.39, 0.29) is 0 Å². The molecular weight excluding hydrogens is 250 g/mol. The van der Waals surface area contributed by atoms with Gasteiger partial charge in [-0.3, -0.25) is 0 Å². The molecule has 1 aliphatic rings. The Balaban J connectivity index is 1.63. The van der Waals surface area contributed by atoms with Crippen molar-refractivity contribution in [3.63, 3.8) is 0 Å². The van der Waals surface area contributed by atoms with Crippen LogP contribution >= 0.6 is 0 Å². The summed E-state index contributed by atoms with van der Waals surface area (Å²) in [7, 11) is 0. The van der Waals surface area contributed by atoms with E-state index in [1.165, 1.54) is 19.3 Å². The molecule has 0 spiro atoms. The Morgan fingerprint density at radius 2 is 2.05 bits per heavy atom. The van der Waals surface area contributed by atoms with Crippen LogP contribution in [0, 0.1) is 5.92 Å². The molecule has 0 aliphatic carbocycles. The fourth-order valence-corrected chi connectivity index (χ4v) is 3.08. The van der Waals surface area contributed by atoms with Gasteiger partial charge in [-0.2, -0.15) is 0 Å². The quantitative estimate of drug-likeness (QED) is 0.925. The van der Waals surface area contributed by atoms with Crippen molar-refractivity contribution in [2.75, 3.05) is 19.6 Å². The van der Waals surface area contributed by atoms with Gasteiger partial charge in [0, 0.05) is 11.9 Å². The highest BCUT2D eigenvalue weighted by Crippen LogP contribution is 2.26. The zero-order valence-corrected chi connectivity index (χ0v) is 12.1. The predicted molar refractivity (Wildman–Crippen MR) is 80.6 cm³/mol. The Morgan fingerprint density at radius 3 is 2.75 bits per heavy atom. The van der Waals surface area contributed by atoms with Gasteiger partial charge in [0.15, 0.2) is 0 Å². The molecule has 1 N–H and O–H groups in total. The molecule has 0 bridgehead atoms. The van der Waals surface area contributed by atoms with E-state index in [1.54, 1.807) is 0 Å². The molecule has 3 rings (SSSR count). The average Bonchev–Trinajstić information content (AvgIpc) is 2.92. The van der Waals surface area contributed by atoms with Crippen molar-refractivity contribution in [1.29, 1.82) is 0 Å². The van der Waals surface area contributed by atoms with Crippen LogP contribution in [0.4, 0.5) is 0 Å². The summed E-state index contributed by atoms with van der Waals surface area (Å²) < 4.78 is 5.74. The van der Waals surface area contributed by atoms with E-state index in [0.29, 0.717) is 12.3 Å². The number of β-amino-alcohol motifs (C(OH)–C–C–N with tert-alkyl or cyclic N) is 1. The first-order valence-electron chi connectivity index (χ1n) is 7.65. The van der Waals surface area contributed by atoms with Gasteiger partial charge in [-0.05, 0) is 44.0 Å². The van der Waals surface area contributed by atoms with Crippen LogP contribution in [0.15, 0.2) is 34.7 Å². The number of aliphatic hydroxyl groups excluding tert-OH is 1. The second-order valence-corrected chi connectivity index (χ2v) is 5.85. The zero-order valence-electron chi connectivity index (χ0n) is 12.1. The molecule has 3 nitrogen and oxygen atoms in total. The summed E-state index contributed by atoms with van der Waals surface area (Å²) >= 11 is 0. The van der Waals surface area contributed by atoms with E-state index >= 15 is 0 Å². The second-order valence-electron chi connectivity index (χ2n) is 5.85. The minimum Gasteiger partial charge on any atom is -0.458 e. The Bertz CT molecular complexity index is 522. The van der Waals surface area contributed by atoms with Gasteiger partial charge in [-0.25, -0.2) is 0 Å². The third-order valence-corrected chi connectivity index (χ3v) is 4.49. The Hall–Kier alpha value is -1.32. The number of rotatable bonds is 4. The van der Waals surface area contributed by atoms with Crippen molar-refractivity contribution in [2.45, 2.75) is 32.3 Å². The van der Waals surface area contributed by atoms with Gasteiger partial charge >= 0.3 is 0 Å². The topological polar surface area (TPSA) is 36.6 Å². The average molecular weight is 273 g/mol. The lowest BCUT2D eigenvalue weighted by Gasteiger charge is -2.32. The highest BCUT2D eigenvalue weighted by atomic mass is 16.4. The molecule has 1 aromatic carbocycles. The summed E-state index contributed by atoms with van der Waals surface area (Å²) in [5.74, 6) is 1.55. The summed E-state index contributed by atoms with van der Waals surface area (Å²) in [4.78, 5) is 2.35. The second kappa shape index (κ2) is 5.98. The highest BCUT2D eigenvalue weighted by molar-refractivity contribution is 5.77. The number of nitrogens with zero attached hydrogens (tertiary/aromatic N) is 1. The number of piperidine rings is 1. The van der Waals surface area contributed by atoms with Crippen LogP contribution in [0.1, 0.15) is 38.1 Å². The summed E-state index contributed by atoms with van der Waals surface area (Å²) in [6, 6.07) is 9.86. The van der Waals surface area contributed by atoms with Gasteiger partial charge in [0.1, 0.15) is 17.4 Å². The first-order chi connectivity index (χ1) is 9.76. The molecule has 1 aliphatic heterocycles. The summed E-state index contributed by atoms with van der Waals surface area (Å²) in [6.07, 6.45) is 3.26. The van der Waals surface area contributed by atoms with Crippen LogP contribution in [-0.4, -0.2) is 29.6 Å². The monoisotopic (exact) mass is 273 g/mol. The Labute approximate surface area is 120 Å². The van der Waals surface area contributed by atoms with Gasteiger partial charge in [0.25, 0.3) is 0 Å². The smallest absolute Gasteiger partial charge is 0.135 e. The number of hydrogen-bond acceptors (Lipinski definition) is 3. The van der Waals surface area contributed by atoms with E-state index in [2.05, 4.69) is 11.8 Å². The number of para-hydroxylation sites is 1. The SMILES string of the molecule is CCC1CCN(CC(O)c2cc3ccccc3o2)CC1. The summed E-state index contributed by atoms with van der Waals surface area (Å²) in [6.45, 7) is 5.13. The molecule has 108 valence electrons. The molecule has 1 saturated heterocycles. The molecular formula is C17H23NO2. The maximum atomic E-state index is 10.4. The molecule has 1 fully saturated rings. The van der Waals surface area contributed by atoms with Crippen molar-refractivity contribution in [2.24, 2.45) is 5.92 Å². The minimum atomic E-state index is -0.527. The minimum absolute atomic E-state index is 0.527. The molecule has 1 aromatic heterocycles. The Kier molecular flexibility index (Phi) is 4.08. The third-order valence-electron chi connectivity index (χ3n) is 4.49. The largest absolute Gasteiger partial charge is 0.458 e. The predicted octanol–water partition coefficient (Wildman–Crippen LogP) is 3.59. The number of furan rings is 1. The van der Waals surface area contributed by atoms with Crippen molar-refractivity contribution in [1.82, 2.24) is 4.90 Å². The lowest BCUT2D eigenvalue weighted by molar-refractivity contribution is 0.0759. The van der Waals surface area contributed by atoms with Crippen LogP contribution in [-0.2, 0) is 0 Å². The number of benzene rings is 1. The maximum Gasteiger partial charge on any atom is 0.135 e.